The van der Waals surface area contributed by atoms with E-state index in [-0.39, 0.29) is 22.7 Å². The molecule has 0 bridgehead atoms. The van der Waals surface area contributed by atoms with E-state index in [4.69, 9.17) is 11.5 Å². The molecule has 0 heterocycles. The van der Waals surface area contributed by atoms with Crippen LogP contribution in [0.3, 0.4) is 0 Å². The number of hydrogen-bond donors (Lipinski definition) is 4. The fourth-order valence-corrected chi connectivity index (χ4v) is 4.55. The van der Waals surface area contributed by atoms with Crippen molar-refractivity contribution in [3.8, 4) is 0 Å². The van der Waals surface area contributed by atoms with Gasteiger partial charge in [-0.3, -0.25) is 9.59 Å². The molecule has 0 saturated carbocycles. The Labute approximate surface area is 233 Å². The molecular formula is C28H20F6N4O2S. The van der Waals surface area contributed by atoms with E-state index in [2.05, 4.69) is 10.6 Å². The van der Waals surface area contributed by atoms with Gasteiger partial charge in [0.05, 0.1) is 22.3 Å². The summed E-state index contributed by atoms with van der Waals surface area (Å²) in [7, 11) is 0. The van der Waals surface area contributed by atoms with Crippen LogP contribution >= 0.6 is 11.8 Å². The molecule has 4 aromatic rings. The second-order valence-electron chi connectivity index (χ2n) is 8.66. The fourth-order valence-electron chi connectivity index (χ4n) is 3.73. The molecule has 0 aliphatic rings. The third-order valence-electron chi connectivity index (χ3n) is 5.65. The molecule has 6 nitrogen and oxygen atoms in total. The molecule has 0 fully saturated rings. The standard InChI is InChI=1S/C28H20F6N4O2S/c29-27(30,31)23-13-15(35)1-11-21(23)25(39)37-17-3-7-19(8-4-17)41-20-9-5-18(6-10-20)38-26(40)22-12-2-16(36)14-24(22)28(32,33)34/h1-14H,35-36H2,(H,37,39)(H,38,40). The van der Waals surface area contributed by atoms with E-state index < -0.39 is 46.4 Å². The van der Waals surface area contributed by atoms with Gasteiger partial charge in [0.15, 0.2) is 0 Å². The van der Waals surface area contributed by atoms with Crippen LogP contribution in [0.25, 0.3) is 0 Å². The second-order valence-corrected chi connectivity index (χ2v) is 9.81. The van der Waals surface area contributed by atoms with Gasteiger partial charge in [-0.2, -0.15) is 26.3 Å². The lowest BCUT2D eigenvalue weighted by molar-refractivity contribution is -0.138. The number of nitrogens with one attached hydrogen (secondary N) is 2. The Bertz CT molecular complexity index is 1470. The predicted octanol–water partition coefficient (Wildman–Crippen LogP) is 7.54. The fraction of sp³-hybridized carbons (Fsp3) is 0.0714. The van der Waals surface area contributed by atoms with E-state index in [0.29, 0.717) is 12.1 Å². The Morgan fingerprint density at radius 3 is 1.22 bits per heavy atom. The number of carbonyl (C=O) groups is 2. The van der Waals surface area contributed by atoms with Crippen LogP contribution < -0.4 is 22.1 Å². The van der Waals surface area contributed by atoms with Gasteiger partial charge in [0, 0.05) is 32.5 Å². The van der Waals surface area contributed by atoms with Crippen LogP contribution in [0.1, 0.15) is 31.8 Å². The Hall–Kier alpha value is -4.65. The minimum atomic E-state index is -4.76. The van der Waals surface area contributed by atoms with E-state index in [0.717, 1.165) is 21.9 Å². The summed E-state index contributed by atoms with van der Waals surface area (Å²) >= 11 is 1.30. The maximum absolute atomic E-state index is 13.3. The molecule has 0 unspecified atom stereocenters. The molecule has 0 saturated heterocycles. The van der Waals surface area contributed by atoms with Crippen LogP contribution in [0.2, 0.25) is 0 Å². The highest BCUT2D eigenvalue weighted by molar-refractivity contribution is 7.99. The van der Waals surface area contributed by atoms with Crippen LogP contribution in [-0.2, 0) is 12.4 Å². The van der Waals surface area contributed by atoms with Gasteiger partial charge < -0.3 is 22.1 Å². The number of anilines is 4. The predicted molar refractivity (Wildman–Crippen MR) is 145 cm³/mol. The summed E-state index contributed by atoms with van der Waals surface area (Å²) in [6, 6.07) is 18.5. The maximum Gasteiger partial charge on any atom is 0.417 e. The van der Waals surface area contributed by atoms with Crippen molar-refractivity contribution in [2.45, 2.75) is 22.1 Å². The molecule has 41 heavy (non-hydrogen) atoms. The average Bonchev–Trinajstić information content (AvgIpc) is 2.89. The van der Waals surface area contributed by atoms with Crippen LogP contribution in [0.15, 0.2) is 94.7 Å². The number of halogens is 6. The summed E-state index contributed by atoms with van der Waals surface area (Å²) in [4.78, 5) is 26.4. The number of amides is 2. The van der Waals surface area contributed by atoms with Crippen molar-refractivity contribution in [3.63, 3.8) is 0 Å². The number of carbonyl (C=O) groups excluding carboxylic acids is 2. The SMILES string of the molecule is Nc1ccc(C(=O)Nc2ccc(Sc3ccc(NC(=O)c4ccc(N)cc4C(F)(F)F)cc3)cc2)c(C(F)(F)F)c1. The molecule has 0 atom stereocenters. The van der Waals surface area contributed by atoms with E-state index in [1.165, 1.54) is 48.2 Å². The molecule has 212 valence electrons. The lowest BCUT2D eigenvalue weighted by Crippen LogP contribution is -2.19. The molecule has 2 amide bonds. The molecule has 13 heteroatoms. The number of alkyl halides is 6. The molecule has 6 N–H and O–H groups in total. The van der Waals surface area contributed by atoms with Crippen LogP contribution in [0.5, 0.6) is 0 Å². The Morgan fingerprint density at radius 2 is 0.902 bits per heavy atom. The average molecular weight is 591 g/mol. The first-order chi connectivity index (χ1) is 19.2. The first kappa shape index (κ1) is 29.3. The lowest BCUT2D eigenvalue weighted by Gasteiger charge is -2.14. The molecule has 0 radical (unpaired) electrons. The van der Waals surface area contributed by atoms with Gasteiger partial charge in [-0.1, -0.05) is 11.8 Å². The monoisotopic (exact) mass is 590 g/mol. The van der Waals surface area contributed by atoms with Gasteiger partial charge in [-0.05, 0) is 84.9 Å². The largest absolute Gasteiger partial charge is 0.417 e. The van der Waals surface area contributed by atoms with Crippen molar-refractivity contribution in [3.05, 3.63) is 107 Å². The minimum absolute atomic E-state index is 0.122. The summed E-state index contributed by atoms with van der Waals surface area (Å²) < 4.78 is 79.9. The van der Waals surface area contributed by atoms with Gasteiger partial charge >= 0.3 is 12.4 Å². The van der Waals surface area contributed by atoms with Crippen molar-refractivity contribution in [2.75, 3.05) is 22.1 Å². The summed E-state index contributed by atoms with van der Waals surface area (Å²) in [6.45, 7) is 0. The molecule has 0 aliphatic heterocycles. The Kier molecular flexibility index (Phi) is 8.19. The van der Waals surface area contributed by atoms with Crippen molar-refractivity contribution in [2.24, 2.45) is 0 Å². The highest BCUT2D eigenvalue weighted by atomic mass is 32.2. The second kappa shape index (κ2) is 11.5. The Morgan fingerprint density at radius 1 is 0.561 bits per heavy atom. The lowest BCUT2D eigenvalue weighted by atomic mass is 10.1. The van der Waals surface area contributed by atoms with Gasteiger partial charge in [0.2, 0.25) is 0 Å². The topological polar surface area (TPSA) is 110 Å². The number of nitrogen functional groups attached to an aromatic ring is 2. The van der Waals surface area contributed by atoms with Gasteiger partial charge in [-0.25, -0.2) is 0 Å². The molecule has 0 spiro atoms. The van der Waals surface area contributed by atoms with Crippen LogP contribution in [-0.4, -0.2) is 11.8 Å². The zero-order valence-electron chi connectivity index (χ0n) is 20.7. The molecule has 4 aromatic carbocycles. The van der Waals surface area contributed by atoms with Gasteiger partial charge in [0.25, 0.3) is 11.8 Å². The van der Waals surface area contributed by atoms with E-state index in [1.807, 2.05) is 0 Å². The van der Waals surface area contributed by atoms with Crippen molar-refractivity contribution < 1.29 is 35.9 Å². The third kappa shape index (κ3) is 7.31. The first-order valence-corrected chi connectivity index (χ1v) is 12.5. The number of rotatable bonds is 6. The summed E-state index contributed by atoms with van der Waals surface area (Å²) in [5.74, 6) is -1.90. The molecule has 0 aromatic heterocycles. The van der Waals surface area contributed by atoms with Crippen LogP contribution in [0.4, 0.5) is 49.1 Å². The molecule has 0 aliphatic carbocycles. The van der Waals surface area contributed by atoms with Gasteiger partial charge in [0.1, 0.15) is 0 Å². The van der Waals surface area contributed by atoms with E-state index in [1.54, 1.807) is 24.3 Å². The zero-order chi connectivity index (χ0) is 29.9. The van der Waals surface area contributed by atoms with E-state index >= 15 is 0 Å². The molecular weight excluding hydrogens is 570 g/mol. The third-order valence-corrected chi connectivity index (χ3v) is 6.66. The first-order valence-electron chi connectivity index (χ1n) is 11.6. The van der Waals surface area contributed by atoms with Crippen LogP contribution in [0, 0.1) is 0 Å². The van der Waals surface area contributed by atoms with Gasteiger partial charge in [-0.15, -0.1) is 0 Å². The number of nitrogens with two attached hydrogens (primary N) is 2. The number of hydrogen-bond acceptors (Lipinski definition) is 5. The smallest absolute Gasteiger partial charge is 0.399 e. The quantitative estimate of drug-likeness (QED) is 0.137. The summed E-state index contributed by atoms with van der Waals surface area (Å²) in [5.41, 5.74) is 7.75. The minimum Gasteiger partial charge on any atom is -0.399 e. The zero-order valence-corrected chi connectivity index (χ0v) is 21.5. The van der Waals surface area contributed by atoms with Crippen molar-refractivity contribution in [1.82, 2.24) is 0 Å². The van der Waals surface area contributed by atoms with E-state index in [9.17, 15) is 35.9 Å². The summed E-state index contributed by atoms with van der Waals surface area (Å²) in [5, 5.41) is 4.86. The Balaban J connectivity index is 1.40. The highest BCUT2D eigenvalue weighted by Gasteiger charge is 2.36. The molecule has 4 rings (SSSR count). The van der Waals surface area contributed by atoms with Crippen molar-refractivity contribution in [1.29, 1.82) is 0 Å². The van der Waals surface area contributed by atoms with Crippen molar-refractivity contribution >= 4 is 46.3 Å². The highest BCUT2D eigenvalue weighted by Crippen LogP contribution is 2.35. The summed E-state index contributed by atoms with van der Waals surface area (Å²) in [6.07, 6.45) is -9.52. The normalized spacial score (nSPS) is 11.7. The maximum atomic E-state index is 13.3. The number of benzene rings is 4.